The minimum atomic E-state index is -0.548. The quantitative estimate of drug-likeness (QED) is 0.713. The number of nitrogens with zero attached hydrogens (tertiary/aromatic N) is 4. The number of rotatable bonds is 3. The molecule has 138 valence electrons. The van der Waals surface area contributed by atoms with Crippen molar-refractivity contribution in [3.05, 3.63) is 76.0 Å². The first kappa shape index (κ1) is 17.8. The number of fused-ring (bicyclic) bond motifs is 1. The van der Waals surface area contributed by atoms with Crippen molar-refractivity contribution in [3.8, 4) is 17.5 Å². The number of nitrogens with two attached hydrogens (primary N) is 1. The first-order valence-corrected chi connectivity index (χ1v) is 8.86. The van der Waals surface area contributed by atoms with Gasteiger partial charge >= 0.3 is 0 Å². The van der Waals surface area contributed by atoms with Crippen LogP contribution in [0.2, 0.25) is 5.02 Å². The monoisotopic (exact) mass is 390 g/mol. The average Bonchev–Trinajstić information content (AvgIpc) is 3.10. The number of carbonyl (C=O) groups is 1. The van der Waals surface area contributed by atoms with Gasteiger partial charge in [-0.2, -0.15) is 10.2 Å². The van der Waals surface area contributed by atoms with E-state index in [1.165, 1.54) is 0 Å². The van der Waals surface area contributed by atoms with Crippen LogP contribution in [-0.2, 0) is 4.79 Å². The van der Waals surface area contributed by atoms with Gasteiger partial charge in [-0.3, -0.25) is 4.79 Å². The van der Waals surface area contributed by atoms with E-state index in [0.717, 1.165) is 11.1 Å². The molecule has 1 unspecified atom stereocenters. The maximum atomic E-state index is 12.2. The summed E-state index contributed by atoms with van der Waals surface area (Å²) in [5.74, 6) is 0.451. The first-order chi connectivity index (χ1) is 13.5. The SMILES string of the molecule is CC1=C(C(N)=O)C(c2ccc(C#N)cc2)n2nc(-c3ccc(Cl)cc3)nc2N1. The Morgan fingerprint density at radius 3 is 2.50 bits per heavy atom. The number of benzene rings is 2. The van der Waals surface area contributed by atoms with Gasteiger partial charge in [0.15, 0.2) is 5.82 Å². The van der Waals surface area contributed by atoms with Crippen molar-refractivity contribution in [2.45, 2.75) is 13.0 Å². The van der Waals surface area contributed by atoms with Crippen molar-refractivity contribution in [3.63, 3.8) is 0 Å². The first-order valence-electron chi connectivity index (χ1n) is 8.48. The van der Waals surface area contributed by atoms with E-state index in [1.54, 1.807) is 48.0 Å². The molecular formula is C20H15ClN6O. The fraction of sp³-hybridized carbons (Fsp3) is 0.100. The molecule has 2 aromatic carbocycles. The molecule has 2 heterocycles. The Morgan fingerprint density at radius 2 is 1.89 bits per heavy atom. The Balaban J connectivity index is 1.86. The maximum Gasteiger partial charge on any atom is 0.248 e. The number of primary amides is 1. The fourth-order valence-electron chi connectivity index (χ4n) is 3.24. The number of halogens is 1. The Kier molecular flexibility index (Phi) is 4.34. The van der Waals surface area contributed by atoms with Gasteiger partial charge in [-0.25, -0.2) is 4.68 Å². The molecule has 1 aromatic heterocycles. The van der Waals surface area contributed by atoms with Crippen molar-refractivity contribution in [2.75, 3.05) is 5.32 Å². The van der Waals surface area contributed by atoms with E-state index in [1.807, 2.05) is 12.1 Å². The Bertz CT molecular complexity index is 1140. The van der Waals surface area contributed by atoms with Gasteiger partial charge in [-0.05, 0) is 48.9 Å². The van der Waals surface area contributed by atoms with E-state index in [0.29, 0.717) is 33.6 Å². The van der Waals surface area contributed by atoms with Crippen LogP contribution in [0.5, 0.6) is 0 Å². The molecule has 7 nitrogen and oxygen atoms in total. The van der Waals surface area contributed by atoms with Crippen LogP contribution in [0.25, 0.3) is 11.4 Å². The van der Waals surface area contributed by atoms with Gasteiger partial charge in [0.2, 0.25) is 11.9 Å². The van der Waals surface area contributed by atoms with Crippen molar-refractivity contribution in [2.24, 2.45) is 5.73 Å². The van der Waals surface area contributed by atoms with Gasteiger partial charge in [0.05, 0.1) is 17.2 Å². The summed E-state index contributed by atoms with van der Waals surface area (Å²) in [4.78, 5) is 16.8. The predicted molar refractivity (Wildman–Crippen MR) is 105 cm³/mol. The second-order valence-corrected chi connectivity index (χ2v) is 6.81. The molecule has 1 aliphatic rings. The van der Waals surface area contributed by atoms with E-state index in [9.17, 15) is 4.79 Å². The van der Waals surface area contributed by atoms with Crippen molar-refractivity contribution in [1.82, 2.24) is 14.8 Å². The number of allylic oxidation sites excluding steroid dienone is 1. The zero-order valence-electron chi connectivity index (χ0n) is 14.8. The zero-order valence-corrected chi connectivity index (χ0v) is 15.6. The molecule has 0 saturated carbocycles. The minimum Gasteiger partial charge on any atom is -0.366 e. The fourth-order valence-corrected chi connectivity index (χ4v) is 3.37. The van der Waals surface area contributed by atoms with Gasteiger partial charge in [-0.1, -0.05) is 23.7 Å². The predicted octanol–water partition coefficient (Wildman–Crippen LogP) is 3.24. The normalized spacial score (nSPS) is 15.5. The molecule has 0 bridgehead atoms. The number of anilines is 1. The molecule has 0 radical (unpaired) electrons. The van der Waals surface area contributed by atoms with E-state index >= 15 is 0 Å². The highest BCUT2D eigenvalue weighted by molar-refractivity contribution is 6.30. The number of hydrogen-bond acceptors (Lipinski definition) is 5. The smallest absolute Gasteiger partial charge is 0.248 e. The Hall–Kier alpha value is -3.63. The number of hydrogen-bond donors (Lipinski definition) is 2. The van der Waals surface area contributed by atoms with Crippen LogP contribution in [0.3, 0.4) is 0 Å². The van der Waals surface area contributed by atoms with Crippen molar-refractivity contribution < 1.29 is 4.79 Å². The molecule has 0 spiro atoms. The molecule has 0 saturated heterocycles. The van der Waals surface area contributed by atoms with Crippen molar-refractivity contribution >= 4 is 23.5 Å². The highest BCUT2D eigenvalue weighted by atomic mass is 35.5. The van der Waals surface area contributed by atoms with Gasteiger partial charge in [0.25, 0.3) is 0 Å². The summed E-state index contributed by atoms with van der Waals surface area (Å²) in [6, 6.07) is 15.7. The standard InChI is InChI=1S/C20H15ClN6O/c1-11-16(18(23)28)17(13-4-2-12(10-22)3-5-13)27-20(24-11)25-19(26-27)14-6-8-15(21)9-7-14/h2-9,17H,1H3,(H2,23,28)(H,24,25,26). The van der Waals surface area contributed by atoms with Gasteiger partial charge in [0, 0.05) is 16.3 Å². The molecule has 1 amide bonds. The average molecular weight is 391 g/mol. The number of nitriles is 1. The molecular weight excluding hydrogens is 376 g/mol. The third-order valence-electron chi connectivity index (χ3n) is 4.58. The topological polar surface area (TPSA) is 110 Å². The second kappa shape index (κ2) is 6.83. The molecule has 0 aliphatic carbocycles. The molecule has 1 aliphatic heterocycles. The number of carbonyl (C=O) groups excluding carboxylic acids is 1. The molecule has 0 fully saturated rings. The third-order valence-corrected chi connectivity index (χ3v) is 4.83. The van der Waals surface area contributed by atoms with Crippen LogP contribution in [-0.4, -0.2) is 20.7 Å². The molecule has 28 heavy (non-hydrogen) atoms. The highest BCUT2D eigenvalue weighted by Gasteiger charge is 2.33. The van der Waals surface area contributed by atoms with Crippen molar-refractivity contribution in [1.29, 1.82) is 5.26 Å². The molecule has 1 atom stereocenters. The highest BCUT2D eigenvalue weighted by Crippen LogP contribution is 2.36. The number of aromatic nitrogens is 3. The second-order valence-electron chi connectivity index (χ2n) is 6.37. The Morgan fingerprint density at radius 1 is 1.21 bits per heavy atom. The third kappa shape index (κ3) is 3.00. The van der Waals surface area contributed by atoms with Crippen LogP contribution >= 0.6 is 11.6 Å². The van der Waals surface area contributed by atoms with Gasteiger partial charge in [-0.15, -0.1) is 5.10 Å². The van der Waals surface area contributed by atoms with E-state index in [-0.39, 0.29) is 0 Å². The largest absolute Gasteiger partial charge is 0.366 e. The molecule has 3 aromatic rings. The van der Waals surface area contributed by atoms with Crippen LogP contribution in [0.1, 0.15) is 24.1 Å². The molecule has 4 rings (SSSR count). The summed E-state index contributed by atoms with van der Waals surface area (Å²) in [7, 11) is 0. The Labute approximate surface area is 166 Å². The van der Waals surface area contributed by atoms with Crippen LogP contribution < -0.4 is 11.1 Å². The van der Waals surface area contributed by atoms with Crippen LogP contribution in [0.4, 0.5) is 5.95 Å². The van der Waals surface area contributed by atoms with Crippen LogP contribution in [0, 0.1) is 11.3 Å². The van der Waals surface area contributed by atoms with Crippen LogP contribution in [0.15, 0.2) is 59.8 Å². The number of amides is 1. The summed E-state index contributed by atoms with van der Waals surface area (Å²) < 4.78 is 1.64. The summed E-state index contributed by atoms with van der Waals surface area (Å²) in [5.41, 5.74) is 8.78. The summed E-state index contributed by atoms with van der Waals surface area (Å²) >= 11 is 5.96. The lowest BCUT2D eigenvalue weighted by atomic mass is 9.95. The zero-order chi connectivity index (χ0) is 19.8. The maximum absolute atomic E-state index is 12.2. The summed E-state index contributed by atoms with van der Waals surface area (Å²) in [6.07, 6.45) is 0. The molecule has 3 N–H and O–H groups in total. The minimum absolute atomic E-state index is 0.393. The lowest BCUT2D eigenvalue weighted by Gasteiger charge is -2.27. The van der Waals surface area contributed by atoms with Gasteiger partial charge in [0.1, 0.15) is 6.04 Å². The molecule has 8 heteroatoms. The van der Waals surface area contributed by atoms with E-state index in [2.05, 4.69) is 21.5 Å². The van der Waals surface area contributed by atoms with E-state index in [4.69, 9.17) is 22.6 Å². The van der Waals surface area contributed by atoms with E-state index < -0.39 is 11.9 Å². The lowest BCUT2D eigenvalue weighted by molar-refractivity contribution is -0.115. The lowest BCUT2D eigenvalue weighted by Crippen LogP contribution is -2.31. The summed E-state index contributed by atoms with van der Waals surface area (Å²) in [5, 5.41) is 17.4. The van der Waals surface area contributed by atoms with Gasteiger partial charge < -0.3 is 11.1 Å². The summed E-state index contributed by atoms with van der Waals surface area (Å²) in [6.45, 7) is 1.77. The number of nitrogens with one attached hydrogen (secondary N) is 1.